The highest BCUT2D eigenvalue weighted by atomic mass is 32.2. The van der Waals surface area contributed by atoms with Crippen molar-refractivity contribution < 1.29 is 14.5 Å². The molecule has 1 unspecified atom stereocenters. The van der Waals surface area contributed by atoms with E-state index in [1.54, 1.807) is 11.8 Å². The SMILES string of the molecule is CSc1ccccc1NC(=O)C[NH+](C)CC(=O)N[C@H](C)c1cccc2ccccc12. The number of likely N-dealkylation sites (N-methyl/N-ethyl adjacent to an activating group) is 1. The summed E-state index contributed by atoms with van der Waals surface area (Å²) in [5, 5.41) is 8.30. The van der Waals surface area contributed by atoms with Crippen LogP contribution in [-0.2, 0) is 9.59 Å². The number of quaternary nitrogens is 1. The van der Waals surface area contributed by atoms with Crippen molar-refractivity contribution in [1.82, 2.24) is 5.32 Å². The quantitative estimate of drug-likeness (QED) is 0.489. The fourth-order valence-electron chi connectivity index (χ4n) is 3.55. The predicted octanol–water partition coefficient (Wildman–Crippen LogP) is 2.89. The number of thioether (sulfide) groups is 1. The zero-order valence-corrected chi connectivity index (χ0v) is 18.4. The van der Waals surface area contributed by atoms with Crippen molar-refractivity contribution in [3.8, 4) is 0 Å². The zero-order chi connectivity index (χ0) is 21.5. The smallest absolute Gasteiger partial charge is 0.279 e. The van der Waals surface area contributed by atoms with Gasteiger partial charge in [-0.2, -0.15) is 0 Å². The molecule has 156 valence electrons. The molecule has 3 aromatic carbocycles. The van der Waals surface area contributed by atoms with Crippen LogP contribution in [0.25, 0.3) is 10.8 Å². The summed E-state index contributed by atoms with van der Waals surface area (Å²) in [6.07, 6.45) is 1.98. The molecule has 0 saturated heterocycles. The number of benzene rings is 3. The van der Waals surface area contributed by atoms with E-state index in [1.165, 1.54) is 0 Å². The number of rotatable bonds is 8. The minimum atomic E-state index is -0.112. The third kappa shape index (κ3) is 5.62. The van der Waals surface area contributed by atoms with Crippen LogP contribution < -0.4 is 15.5 Å². The van der Waals surface area contributed by atoms with Crippen LogP contribution in [0.4, 0.5) is 5.69 Å². The molecule has 0 fully saturated rings. The first-order valence-electron chi connectivity index (χ1n) is 9.99. The van der Waals surface area contributed by atoms with Gasteiger partial charge in [-0.3, -0.25) is 9.59 Å². The number of carbonyl (C=O) groups is 2. The second-order valence-electron chi connectivity index (χ2n) is 7.42. The van der Waals surface area contributed by atoms with E-state index < -0.39 is 0 Å². The summed E-state index contributed by atoms with van der Waals surface area (Å²) in [5.41, 5.74) is 1.89. The molecule has 3 N–H and O–H groups in total. The summed E-state index contributed by atoms with van der Waals surface area (Å²) in [7, 11) is 1.85. The lowest BCUT2D eigenvalue weighted by molar-refractivity contribution is -0.862. The molecule has 30 heavy (non-hydrogen) atoms. The summed E-state index contributed by atoms with van der Waals surface area (Å²) in [5.74, 6) is -0.186. The largest absolute Gasteiger partial charge is 0.345 e. The summed E-state index contributed by atoms with van der Waals surface area (Å²) in [6.45, 7) is 2.44. The number of carbonyl (C=O) groups excluding carboxylic acids is 2. The molecule has 3 aromatic rings. The zero-order valence-electron chi connectivity index (χ0n) is 17.6. The Morgan fingerprint density at radius 2 is 1.60 bits per heavy atom. The van der Waals surface area contributed by atoms with E-state index in [9.17, 15) is 9.59 Å². The van der Waals surface area contributed by atoms with Crippen molar-refractivity contribution >= 4 is 40.0 Å². The fraction of sp³-hybridized carbons (Fsp3) is 0.250. The van der Waals surface area contributed by atoms with E-state index in [0.717, 1.165) is 31.8 Å². The van der Waals surface area contributed by atoms with Crippen LogP contribution >= 0.6 is 11.8 Å². The van der Waals surface area contributed by atoms with E-state index >= 15 is 0 Å². The normalized spacial score (nSPS) is 12.9. The topological polar surface area (TPSA) is 62.6 Å². The van der Waals surface area contributed by atoms with Crippen molar-refractivity contribution in [2.45, 2.75) is 17.9 Å². The van der Waals surface area contributed by atoms with Crippen molar-refractivity contribution in [3.05, 3.63) is 72.3 Å². The highest BCUT2D eigenvalue weighted by molar-refractivity contribution is 7.98. The van der Waals surface area contributed by atoms with Gasteiger partial charge in [-0.1, -0.05) is 54.6 Å². The van der Waals surface area contributed by atoms with Gasteiger partial charge in [0.25, 0.3) is 11.8 Å². The predicted molar refractivity (Wildman–Crippen MR) is 124 cm³/mol. The molecular weight excluding hydrogens is 394 g/mol. The molecule has 3 rings (SSSR count). The van der Waals surface area contributed by atoms with E-state index in [4.69, 9.17) is 0 Å². The second-order valence-corrected chi connectivity index (χ2v) is 8.26. The van der Waals surface area contributed by atoms with Gasteiger partial charge in [0.1, 0.15) is 0 Å². The minimum absolute atomic E-state index is 0.0785. The van der Waals surface area contributed by atoms with Gasteiger partial charge in [0, 0.05) is 4.90 Å². The van der Waals surface area contributed by atoms with Crippen LogP contribution in [0.5, 0.6) is 0 Å². The Labute approximate surface area is 181 Å². The standard InChI is InChI=1S/C24H27N3O2S/c1-17(19-12-8-10-18-9-4-5-11-20(18)19)25-23(28)15-27(2)16-24(29)26-21-13-6-7-14-22(21)30-3/h4-14,17H,15-16H2,1-3H3,(H,25,28)(H,26,29)/p+1/t17-/m1/s1. The molecule has 6 heteroatoms. The average molecular weight is 423 g/mol. The maximum Gasteiger partial charge on any atom is 0.279 e. The molecule has 0 aliphatic heterocycles. The van der Waals surface area contributed by atoms with Crippen LogP contribution in [0.15, 0.2) is 71.6 Å². The maximum atomic E-state index is 12.5. The number of hydrogen-bond donors (Lipinski definition) is 3. The molecule has 0 heterocycles. The highest BCUT2D eigenvalue weighted by Crippen LogP contribution is 2.25. The first-order chi connectivity index (χ1) is 14.5. The molecule has 0 bridgehead atoms. The number of nitrogens with one attached hydrogen (secondary N) is 3. The van der Waals surface area contributed by atoms with Crippen molar-refractivity contribution in [2.75, 3.05) is 31.7 Å². The van der Waals surface area contributed by atoms with Crippen LogP contribution in [0, 0.1) is 0 Å². The lowest BCUT2D eigenvalue weighted by atomic mass is 10.00. The molecule has 5 nitrogen and oxygen atoms in total. The first-order valence-corrected chi connectivity index (χ1v) is 11.2. The van der Waals surface area contributed by atoms with E-state index in [2.05, 4.69) is 28.8 Å². The molecule has 2 atom stereocenters. The lowest BCUT2D eigenvalue weighted by Gasteiger charge is -2.19. The Morgan fingerprint density at radius 3 is 2.40 bits per heavy atom. The summed E-state index contributed by atoms with van der Waals surface area (Å²) in [6, 6.07) is 21.9. The summed E-state index contributed by atoms with van der Waals surface area (Å²) >= 11 is 1.59. The summed E-state index contributed by atoms with van der Waals surface area (Å²) in [4.78, 5) is 26.8. The van der Waals surface area contributed by atoms with Gasteiger partial charge in [0.2, 0.25) is 0 Å². The van der Waals surface area contributed by atoms with Gasteiger partial charge in [-0.25, -0.2) is 0 Å². The highest BCUT2D eigenvalue weighted by Gasteiger charge is 2.18. The van der Waals surface area contributed by atoms with Gasteiger partial charge in [0.05, 0.1) is 18.8 Å². The molecule has 0 radical (unpaired) electrons. The van der Waals surface area contributed by atoms with Crippen molar-refractivity contribution in [3.63, 3.8) is 0 Å². The molecule has 0 aliphatic carbocycles. The first kappa shape index (κ1) is 21.9. The number of para-hydroxylation sites is 1. The van der Waals surface area contributed by atoms with Crippen LogP contribution in [0.1, 0.15) is 18.5 Å². The Balaban J connectivity index is 1.54. The molecule has 0 aliphatic rings. The Bertz CT molecular complexity index is 1030. The fourth-order valence-corrected chi connectivity index (χ4v) is 4.10. The number of fused-ring (bicyclic) bond motifs is 1. The van der Waals surface area contributed by atoms with Crippen molar-refractivity contribution in [1.29, 1.82) is 0 Å². The minimum Gasteiger partial charge on any atom is -0.345 e. The Kier molecular flexibility index (Phi) is 7.49. The number of hydrogen-bond acceptors (Lipinski definition) is 3. The van der Waals surface area contributed by atoms with Gasteiger partial charge < -0.3 is 15.5 Å². The van der Waals surface area contributed by atoms with E-state index in [-0.39, 0.29) is 30.9 Å². The van der Waals surface area contributed by atoms with Gasteiger partial charge >= 0.3 is 0 Å². The van der Waals surface area contributed by atoms with Crippen molar-refractivity contribution in [2.24, 2.45) is 0 Å². The number of amides is 2. The maximum absolute atomic E-state index is 12.5. The van der Waals surface area contributed by atoms with Crippen LogP contribution in [-0.4, -0.2) is 38.2 Å². The third-order valence-corrected chi connectivity index (χ3v) is 5.77. The Hall–Kier alpha value is -2.83. The monoisotopic (exact) mass is 422 g/mol. The van der Waals surface area contributed by atoms with Gasteiger partial charge in [0.15, 0.2) is 13.1 Å². The van der Waals surface area contributed by atoms with E-state index in [1.807, 2.05) is 68.8 Å². The second kappa shape index (κ2) is 10.3. The molecular formula is C24H28N3O2S+. The van der Waals surface area contributed by atoms with Gasteiger partial charge in [-0.15, -0.1) is 11.8 Å². The Morgan fingerprint density at radius 1 is 0.933 bits per heavy atom. The lowest BCUT2D eigenvalue weighted by Crippen LogP contribution is -3.11. The molecule has 0 saturated carbocycles. The molecule has 0 aromatic heterocycles. The molecule has 2 amide bonds. The summed E-state index contributed by atoms with van der Waals surface area (Å²) < 4.78 is 0. The van der Waals surface area contributed by atoms with Gasteiger partial charge in [-0.05, 0) is 41.6 Å². The van der Waals surface area contributed by atoms with Crippen LogP contribution in [0.3, 0.4) is 0 Å². The van der Waals surface area contributed by atoms with Crippen LogP contribution in [0.2, 0.25) is 0 Å². The number of anilines is 1. The average Bonchev–Trinajstić information content (AvgIpc) is 2.73. The van der Waals surface area contributed by atoms with E-state index in [0.29, 0.717) is 0 Å². The third-order valence-electron chi connectivity index (χ3n) is 4.97. The molecule has 0 spiro atoms.